The van der Waals surface area contributed by atoms with Gasteiger partial charge in [0.05, 0.1) is 18.3 Å². The zero-order chi connectivity index (χ0) is 14.4. The lowest BCUT2D eigenvalue weighted by Gasteiger charge is -2.18. The summed E-state index contributed by atoms with van der Waals surface area (Å²) >= 11 is 1.71. The molecule has 0 fully saturated rings. The third-order valence-corrected chi connectivity index (χ3v) is 4.05. The lowest BCUT2D eigenvalue weighted by atomic mass is 10.1. The first kappa shape index (κ1) is 14.9. The number of pyridine rings is 1. The van der Waals surface area contributed by atoms with Gasteiger partial charge >= 0.3 is 0 Å². The number of aromatic nitrogens is 2. The third-order valence-electron chi connectivity index (χ3n) is 3.06. The average molecular weight is 291 g/mol. The van der Waals surface area contributed by atoms with E-state index in [2.05, 4.69) is 27.6 Å². The molecule has 5 heteroatoms. The van der Waals surface area contributed by atoms with Crippen LogP contribution in [0.25, 0.3) is 0 Å². The van der Waals surface area contributed by atoms with Crippen molar-refractivity contribution >= 4 is 11.3 Å². The highest BCUT2D eigenvalue weighted by atomic mass is 32.1. The summed E-state index contributed by atoms with van der Waals surface area (Å²) in [4.78, 5) is 8.80. The summed E-state index contributed by atoms with van der Waals surface area (Å²) in [5.74, 6) is 0.793. The van der Waals surface area contributed by atoms with Crippen molar-refractivity contribution in [2.24, 2.45) is 0 Å². The zero-order valence-corrected chi connectivity index (χ0v) is 13.0. The number of hydrogen-bond acceptors (Lipinski definition) is 5. The van der Waals surface area contributed by atoms with Crippen molar-refractivity contribution in [3.8, 4) is 5.75 Å². The molecular formula is C15H21N3OS. The van der Waals surface area contributed by atoms with Crippen molar-refractivity contribution in [1.29, 1.82) is 0 Å². The van der Waals surface area contributed by atoms with E-state index in [4.69, 9.17) is 4.74 Å². The van der Waals surface area contributed by atoms with E-state index in [0.29, 0.717) is 0 Å². The highest BCUT2D eigenvalue weighted by molar-refractivity contribution is 7.09. The van der Waals surface area contributed by atoms with Gasteiger partial charge in [0.1, 0.15) is 5.75 Å². The minimum atomic E-state index is 0.225. The van der Waals surface area contributed by atoms with Gasteiger partial charge < -0.3 is 10.1 Å². The van der Waals surface area contributed by atoms with Gasteiger partial charge in [-0.25, -0.2) is 4.98 Å². The van der Waals surface area contributed by atoms with Gasteiger partial charge in [0.25, 0.3) is 0 Å². The van der Waals surface area contributed by atoms with Gasteiger partial charge in [0.15, 0.2) is 0 Å². The number of ether oxygens (including phenoxy) is 1. The number of aryl methyl sites for hydroxylation is 1. The van der Waals surface area contributed by atoms with Crippen LogP contribution < -0.4 is 10.1 Å². The van der Waals surface area contributed by atoms with Gasteiger partial charge in [0.2, 0.25) is 0 Å². The molecule has 2 aromatic rings. The fourth-order valence-electron chi connectivity index (χ4n) is 2.04. The van der Waals surface area contributed by atoms with Crippen molar-refractivity contribution in [2.75, 3.05) is 13.7 Å². The monoisotopic (exact) mass is 291 g/mol. The molecule has 0 radical (unpaired) electrons. The second kappa shape index (κ2) is 7.36. The molecule has 4 nitrogen and oxygen atoms in total. The molecule has 0 spiro atoms. The molecule has 2 rings (SSSR count). The molecule has 2 heterocycles. The van der Waals surface area contributed by atoms with Crippen molar-refractivity contribution in [3.63, 3.8) is 0 Å². The van der Waals surface area contributed by atoms with E-state index >= 15 is 0 Å². The molecule has 1 atom stereocenters. The first-order valence-electron chi connectivity index (χ1n) is 6.86. The van der Waals surface area contributed by atoms with Gasteiger partial charge in [-0.2, -0.15) is 0 Å². The highest BCUT2D eigenvalue weighted by Gasteiger charge is 2.14. The van der Waals surface area contributed by atoms with Crippen LogP contribution in [0.1, 0.15) is 35.7 Å². The molecule has 2 aromatic heterocycles. The van der Waals surface area contributed by atoms with Crippen LogP contribution in [0.4, 0.5) is 0 Å². The quantitative estimate of drug-likeness (QED) is 0.851. The smallest absolute Gasteiger partial charge is 0.137 e. The Morgan fingerprint density at radius 1 is 1.40 bits per heavy atom. The Kier molecular flexibility index (Phi) is 5.49. The fraction of sp³-hybridized carbons (Fsp3) is 0.467. The van der Waals surface area contributed by atoms with E-state index in [0.717, 1.165) is 41.4 Å². The van der Waals surface area contributed by atoms with Gasteiger partial charge in [0, 0.05) is 29.7 Å². The van der Waals surface area contributed by atoms with E-state index in [1.54, 1.807) is 24.6 Å². The number of methoxy groups -OCH3 is 1. The minimum Gasteiger partial charge on any atom is -0.495 e. The molecule has 0 aliphatic heterocycles. The van der Waals surface area contributed by atoms with Crippen LogP contribution in [0.5, 0.6) is 5.75 Å². The van der Waals surface area contributed by atoms with Crippen LogP contribution in [0.15, 0.2) is 23.8 Å². The van der Waals surface area contributed by atoms with E-state index < -0.39 is 0 Å². The maximum atomic E-state index is 5.26. The number of thiazole rings is 1. The Hall–Kier alpha value is -1.46. The Labute approximate surface area is 124 Å². The van der Waals surface area contributed by atoms with E-state index in [1.807, 2.05) is 19.2 Å². The molecular weight excluding hydrogens is 270 g/mol. The summed E-state index contributed by atoms with van der Waals surface area (Å²) in [6, 6.07) is 2.27. The molecule has 0 aliphatic carbocycles. The first-order chi connectivity index (χ1) is 9.72. The van der Waals surface area contributed by atoms with Gasteiger partial charge in [-0.3, -0.25) is 4.98 Å². The Morgan fingerprint density at radius 2 is 2.25 bits per heavy atom. The maximum absolute atomic E-state index is 5.26. The minimum absolute atomic E-state index is 0.225. The zero-order valence-electron chi connectivity index (χ0n) is 12.2. The Balaban J connectivity index is 2.17. The number of hydrogen-bond donors (Lipinski definition) is 1. The SMILES string of the molecule is CCCNC(Cc1nc(C)cs1)c1cncc(OC)c1. The average Bonchev–Trinajstić information content (AvgIpc) is 2.88. The molecule has 20 heavy (non-hydrogen) atoms. The highest BCUT2D eigenvalue weighted by Crippen LogP contribution is 2.23. The van der Waals surface area contributed by atoms with E-state index in [1.165, 1.54) is 0 Å². The lowest BCUT2D eigenvalue weighted by molar-refractivity contribution is 0.410. The summed E-state index contributed by atoms with van der Waals surface area (Å²) in [5.41, 5.74) is 2.23. The number of nitrogens with zero attached hydrogens (tertiary/aromatic N) is 2. The van der Waals surface area contributed by atoms with E-state index in [9.17, 15) is 0 Å². The second-order valence-electron chi connectivity index (χ2n) is 4.75. The summed E-state index contributed by atoms with van der Waals surface area (Å²) in [5, 5.41) is 6.81. The Bertz CT molecular complexity index is 541. The molecule has 0 bridgehead atoms. The van der Waals surface area contributed by atoms with Gasteiger partial charge in [-0.05, 0) is 31.5 Å². The van der Waals surface area contributed by atoms with Crippen LogP contribution in [-0.4, -0.2) is 23.6 Å². The second-order valence-corrected chi connectivity index (χ2v) is 5.69. The normalized spacial score (nSPS) is 12.3. The van der Waals surface area contributed by atoms with Crippen molar-refractivity contribution in [2.45, 2.75) is 32.7 Å². The molecule has 0 saturated heterocycles. The largest absolute Gasteiger partial charge is 0.495 e. The molecule has 0 amide bonds. The van der Waals surface area contributed by atoms with Crippen LogP contribution >= 0.6 is 11.3 Å². The standard InChI is InChI=1S/C15H21N3OS/c1-4-5-17-14(7-15-18-11(2)10-20-15)12-6-13(19-3)9-16-8-12/h6,8-10,14,17H,4-5,7H2,1-3H3. The van der Waals surface area contributed by atoms with Crippen LogP contribution in [0.2, 0.25) is 0 Å². The van der Waals surface area contributed by atoms with Crippen LogP contribution in [-0.2, 0) is 6.42 Å². The molecule has 0 saturated carbocycles. The fourth-order valence-corrected chi connectivity index (χ4v) is 2.85. The topological polar surface area (TPSA) is 47.0 Å². The summed E-state index contributed by atoms with van der Waals surface area (Å²) in [7, 11) is 1.67. The molecule has 0 aromatic carbocycles. The summed E-state index contributed by atoms with van der Waals surface area (Å²) in [6.45, 7) is 5.18. The van der Waals surface area contributed by atoms with Crippen molar-refractivity contribution < 1.29 is 4.74 Å². The third kappa shape index (κ3) is 4.02. The predicted molar refractivity (Wildman–Crippen MR) is 82.4 cm³/mol. The van der Waals surface area contributed by atoms with Crippen molar-refractivity contribution in [3.05, 3.63) is 40.1 Å². The Morgan fingerprint density at radius 3 is 2.90 bits per heavy atom. The maximum Gasteiger partial charge on any atom is 0.137 e. The molecule has 0 aliphatic rings. The van der Waals surface area contributed by atoms with Gasteiger partial charge in [-0.15, -0.1) is 11.3 Å². The van der Waals surface area contributed by atoms with Crippen LogP contribution in [0.3, 0.4) is 0 Å². The lowest BCUT2D eigenvalue weighted by Crippen LogP contribution is -2.24. The van der Waals surface area contributed by atoms with E-state index in [-0.39, 0.29) is 6.04 Å². The predicted octanol–water partition coefficient (Wildman–Crippen LogP) is 3.14. The molecule has 1 unspecified atom stereocenters. The molecule has 1 N–H and O–H groups in total. The number of rotatable bonds is 7. The first-order valence-corrected chi connectivity index (χ1v) is 7.74. The number of nitrogens with one attached hydrogen (secondary N) is 1. The van der Waals surface area contributed by atoms with Gasteiger partial charge in [-0.1, -0.05) is 6.92 Å². The van der Waals surface area contributed by atoms with Crippen molar-refractivity contribution in [1.82, 2.24) is 15.3 Å². The summed E-state index contributed by atoms with van der Waals surface area (Å²) < 4.78 is 5.26. The molecule has 108 valence electrons. The summed E-state index contributed by atoms with van der Waals surface area (Å²) in [6.07, 6.45) is 5.61. The van der Waals surface area contributed by atoms with Crippen LogP contribution in [0, 0.1) is 6.92 Å².